The van der Waals surface area contributed by atoms with Crippen LogP contribution in [0.1, 0.15) is 29.5 Å². The van der Waals surface area contributed by atoms with Crippen molar-refractivity contribution < 1.29 is 0 Å². The molecule has 1 heterocycles. The molecular formula is C16H22N2S. The van der Waals surface area contributed by atoms with Gasteiger partial charge < -0.3 is 5.32 Å². The number of aromatic nitrogens is 1. The lowest BCUT2D eigenvalue weighted by Crippen LogP contribution is -2.28. The van der Waals surface area contributed by atoms with E-state index >= 15 is 0 Å². The van der Waals surface area contributed by atoms with Crippen LogP contribution in [-0.4, -0.2) is 17.6 Å². The van der Waals surface area contributed by atoms with Gasteiger partial charge in [-0.05, 0) is 32.3 Å². The molecule has 2 nitrogen and oxygen atoms in total. The van der Waals surface area contributed by atoms with Gasteiger partial charge in [0.1, 0.15) is 0 Å². The summed E-state index contributed by atoms with van der Waals surface area (Å²) in [6.07, 6.45) is 5.24. The smallest absolute Gasteiger partial charge is 0.0937 e. The molecule has 0 amide bonds. The van der Waals surface area contributed by atoms with Gasteiger partial charge in [0.05, 0.1) is 5.01 Å². The van der Waals surface area contributed by atoms with Crippen LogP contribution in [0.25, 0.3) is 0 Å². The van der Waals surface area contributed by atoms with E-state index in [0.29, 0.717) is 6.04 Å². The van der Waals surface area contributed by atoms with E-state index in [2.05, 4.69) is 48.4 Å². The summed E-state index contributed by atoms with van der Waals surface area (Å²) in [4.78, 5) is 4.29. The number of aryl methyl sites for hydroxylation is 2. The summed E-state index contributed by atoms with van der Waals surface area (Å²) in [7, 11) is 0. The lowest BCUT2D eigenvalue weighted by molar-refractivity contribution is 0.517. The molecule has 0 aliphatic carbocycles. The van der Waals surface area contributed by atoms with E-state index in [1.807, 2.05) is 11.6 Å². The summed E-state index contributed by atoms with van der Waals surface area (Å²) >= 11 is 1.74. The molecule has 2 aromatic rings. The van der Waals surface area contributed by atoms with Crippen LogP contribution in [-0.2, 0) is 12.8 Å². The molecule has 0 bridgehead atoms. The van der Waals surface area contributed by atoms with Crippen LogP contribution >= 0.6 is 11.3 Å². The number of nitrogens with zero attached hydrogens (tertiary/aromatic N) is 1. The van der Waals surface area contributed by atoms with E-state index < -0.39 is 0 Å². The van der Waals surface area contributed by atoms with E-state index in [-0.39, 0.29) is 0 Å². The SMILES string of the molecule is Cc1cccc(CCC(C)NCCc2nccs2)c1. The molecule has 2 rings (SSSR count). The Morgan fingerprint density at radius 3 is 2.95 bits per heavy atom. The fourth-order valence-corrected chi connectivity index (χ4v) is 2.78. The van der Waals surface area contributed by atoms with Crippen molar-refractivity contribution in [3.8, 4) is 0 Å². The van der Waals surface area contributed by atoms with Gasteiger partial charge in [0, 0.05) is 30.6 Å². The normalized spacial score (nSPS) is 12.5. The van der Waals surface area contributed by atoms with Gasteiger partial charge in [-0.25, -0.2) is 4.98 Å². The summed E-state index contributed by atoms with van der Waals surface area (Å²) in [5.74, 6) is 0. The van der Waals surface area contributed by atoms with E-state index in [4.69, 9.17) is 0 Å². The second kappa shape index (κ2) is 7.41. The standard InChI is InChI=1S/C16H22N2S/c1-13-4-3-5-15(12-13)7-6-14(2)17-9-8-16-18-10-11-19-16/h3-5,10-12,14,17H,6-9H2,1-2H3. The molecule has 0 saturated heterocycles. The van der Waals surface area contributed by atoms with Gasteiger partial charge in [-0.3, -0.25) is 0 Å². The highest BCUT2D eigenvalue weighted by atomic mass is 32.1. The molecule has 0 radical (unpaired) electrons. The van der Waals surface area contributed by atoms with Crippen molar-refractivity contribution in [2.45, 2.75) is 39.2 Å². The summed E-state index contributed by atoms with van der Waals surface area (Å²) in [5, 5.41) is 6.83. The Bertz CT molecular complexity index is 479. The van der Waals surface area contributed by atoms with Crippen molar-refractivity contribution in [1.82, 2.24) is 10.3 Å². The largest absolute Gasteiger partial charge is 0.314 e. The lowest BCUT2D eigenvalue weighted by Gasteiger charge is -2.13. The number of nitrogens with one attached hydrogen (secondary N) is 1. The first-order valence-corrected chi connectivity index (χ1v) is 7.79. The van der Waals surface area contributed by atoms with Crippen molar-refractivity contribution in [3.05, 3.63) is 52.0 Å². The van der Waals surface area contributed by atoms with Crippen molar-refractivity contribution >= 4 is 11.3 Å². The molecule has 1 atom stereocenters. The first kappa shape index (κ1) is 14.2. The summed E-state index contributed by atoms with van der Waals surface area (Å²) < 4.78 is 0. The Kier molecular flexibility index (Phi) is 5.55. The zero-order valence-electron chi connectivity index (χ0n) is 11.7. The molecule has 0 fully saturated rings. The molecule has 0 aliphatic rings. The second-order valence-electron chi connectivity index (χ2n) is 5.06. The second-order valence-corrected chi connectivity index (χ2v) is 6.04. The minimum Gasteiger partial charge on any atom is -0.314 e. The zero-order chi connectivity index (χ0) is 13.5. The quantitative estimate of drug-likeness (QED) is 0.834. The van der Waals surface area contributed by atoms with Gasteiger partial charge >= 0.3 is 0 Å². The highest BCUT2D eigenvalue weighted by Crippen LogP contribution is 2.08. The van der Waals surface area contributed by atoms with Gasteiger partial charge in [-0.15, -0.1) is 11.3 Å². The molecule has 19 heavy (non-hydrogen) atoms. The molecule has 1 N–H and O–H groups in total. The Balaban J connectivity index is 1.65. The molecule has 1 unspecified atom stereocenters. The fraction of sp³-hybridized carbons (Fsp3) is 0.438. The third-order valence-electron chi connectivity index (χ3n) is 3.26. The van der Waals surface area contributed by atoms with Crippen molar-refractivity contribution in [3.63, 3.8) is 0 Å². The van der Waals surface area contributed by atoms with Crippen LogP contribution in [0.5, 0.6) is 0 Å². The van der Waals surface area contributed by atoms with E-state index in [9.17, 15) is 0 Å². The third kappa shape index (κ3) is 5.13. The number of hydrogen-bond acceptors (Lipinski definition) is 3. The Morgan fingerprint density at radius 2 is 2.21 bits per heavy atom. The predicted octanol–water partition coefficient (Wildman–Crippen LogP) is 3.60. The number of hydrogen-bond donors (Lipinski definition) is 1. The Labute approximate surface area is 119 Å². The molecule has 1 aromatic heterocycles. The van der Waals surface area contributed by atoms with Gasteiger partial charge in [0.15, 0.2) is 0 Å². The van der Waals surface area contributed by atoms with Crippen LogP contribution < -0.4 is 5.32 Å². The van der Waals surface area contributed by atoms with Crippen LogP contribution in [0.2, 0.25) is 0 Å². The van der Waals surface area contributed by atoms with E-state index in [0.717, 1.165) is 19.4 Å². The van der Waals surface area contributed by atoms with Crippen molar-refractivity contribution in [2.24, 2.45) is 0 Å². The maximum absolute atomic E-state index is 4.29. The van der Waals surface area contributed by atoms with Crippen LogP contribution in [0.4, 0.5) is 0 Å². The van der Waals surface area contributed by atoms with Crippen LogP contribution in [0.15, 0.2) is 35.8 Å². The molecule has 0 aliphatic heterocycles. The Morgan fingerprint density at radius 1 is 1.32 bits per heavy atom. The molecule has 3 heteroatoms. The molecule has 0 spiro atoms. The molecular weight excluding hydrogens is 252 g/mol. The molecule has 102 valence electrons. The van der Waals surface area contributed by atoms with Crippen molar-refractivity contribution in [1.29, 1.82) is 0 Å². The van der Waals surface area contributed by atoms with Crippen molar-refractivity contribution in [2.75, 3.05) is 6.54 Å². The summed E-state index contributed by atoms with van der Waals surface area (Å²) in [6.45, 7) is 5.43. The minimum absolute atomic E-state index is 0.556. The summed E-state index contributed by atoms with van der Waals surface area (Å²) in [6, 6.07) is 9.35. The minimum atomic E-state index is 0.556. The highest BCUT2D eigenvalue weighted by Gasteiger charge is 2.03. The van der Waals surface area contributed by atoms with Crippen LogP contribution in [0, 0.1) is 6.92 Å². The zero-order valence-corrected chi connectivity index (χ0v) is 12.5. The predicted molar refractivity (Wildman–Crippen MR) is 82.8 cm³/mol. The maximum Gasteiger partial charge on any atom is 0.0937 e. The average molecular weight is 274 g/mol. The maximum atomic E-state index is 4.29. The first-order valence-electron chi connectivity index (χ1n) is 6.91. The molecule has 0 saturated carbocycles. The lowest BCUT2D eigenvalue weighted by atomic mass is 10.0. The summed E-state index contributed by atoms with van der Waals surface area (Å²) in [5.41, 5.74) is 2.79. The number of rotatable bonds is 7. The fourth-order valence-electron chi connectivity index (χ4n) is 2.15. The topological polar surface area (TPSA) is 24.9 Å². The van der Waals surface area contributed by atoms with Gasteiger partial charge in [-0.1, -0.05) is 29.8 Å². The van der Waals surface area contributed by atoms with Gasteiger partial charge in [0.25, 0.3) is 0 Å². The Hall–Kier alpha value is -1.19. The van der Waals surface area contributed by atoms with Crippen LogP contribution in [0.3, 0.4) is 0 Å². The first-order chi connectivity index (χ1) is 9.24. The number of benzene rings is 1. The van der Waals surface area contributed by atoms with Gasteiger partial charge in [0.2, 0.25) is 0 Å². The van der Waals surface area contributed by atoms with E-state index in [1.54, 1.807) is 11.3 Å². The van der Waals surface area contributed by atoms with Gasteiger partial charge in [-0.2, -0.15) is 0 Å². The highest BCUT2D eigenvalue weighted by molar-refractivity contribution is 7.09. The average Bonchev–Trinajstić information content (AvgIpc) is 2.90. The third-order valence-corrected chi connectivity index (χ3v) is 4.10. The monoisotopic (exact) mass is 274 g/mol. The number of thiazole rings is 1. The van der Waals surface area contributed by atoms with E-state index in [1.165, 1.54) is 22.6 Å². The molecule has 1 aromatic carbocycles.